The van der Waals surface area contributed by atoms with E-state index in [1.807, 2.05) is 0 Å². The number of aromatic nitrogens is 2. The molecule has 0 atom stereocenters. The van der Waals surface area contributed by atoms with Crippen molar-refractivity contribution >= 4 is 77.7 Å². The maximum atomic E-state index is 2.45. The zero-order chi connectivity index (χ0) is 78.4. The quantitative estimate of drug-likeness (QED) is 0.114. The molecule has 117 heavy (non-hydrogen) atoms. The first-order valence-corrected chi connectivity index (χ1v) is 40.5. The summed E-state index contributed by atoms with van der Waals surface area (Å²) < 4.78 is 4.72. The summed E-state index contributed by atoms with van der Waals surface area (Å²) in [7, 11) is 0. The summed E-state index contributed by atoms with van der Waals surface area (Å²) in [6, 6.07) is 165. The molecule has 0 N–H and O–H groups in total. The van der Waals surface area contributed by atoms with E-state index in [9.17, 15) is 0 Å². The Kier molecular flexibility index (Phi) is 18.4. The average molecular weight is 1500 g/mol. The van der Waals surface area contributed by atoms with Crippen LogP contribution in [-0.4, -0.2) is 9.13 Å². The standard InChI is InChI=1S/C61H42N2.C28H25N.C24H17N/c1-5-17-43(18-6-1)44-29-34-50(35-30-44)62(51-36-31-45(32-37-51)46-33-40-60-56(41-46)55-26-14-16-28-59(55)63(60)49-23-11-4-12-24-49)52-38-39-54-53-25-13-15-27-57(53)61(58(54)42-52,47-19-7-2-8-20-47)48-21-9-3-10-22-48;1-20-13-15-22(16-14-20)29(21-9-5-4-6-10-21)23-17-18-25-24-11-7-8-12-26(24)28(2,3)27(25)19-23;1-2-8-18(9-3-1)19-14-16-20(17-15-19)25-23-12-6-4-10-21(23)22-11-5-7-13-24(22)25/h1-42H;4-19H,1-3H3;1-17H. The molecule has 0 saturated carbocycles. The molecule has 556 valence electrons. The molecule has 0 unspecified atom stereocenters. The Morgan fingerprint density at radius 3 is 1.03 bits per heavy atom. The summed E-state index contributed by atoms with van der Waals surface area (Å²) in [6.07, 6.45) is 0. The average Bonchev–Trinajstić information content (AvgIpc) is 1.54. The van der Waals surface area contributed by atoms with Crippen LogP contribution in [0.4, 0.5) is 34.1 Å². The summed E-state index contributed by atoms with van der Waals surface area (Å²) in [5, 5.41) is 5.09. The van der Waals surface area contributed by atoms with Gasteiger partial charge in [-0.25, -0.2) is 0 Å². The summed E-state index contributed by atoms with van der Waals surface area (Å²) in [5.74, 6) is 0. The molecule has 20 aromatic rings. The van der Waals surface area contributed by atoms with Crippen molar-refractivity contribution in [3.05, 3.63) is 494 Å². The van der Waals surface area contributed by atoms with Gasteiger partial charge in [0.15, 0.2) is 0 Å². The van der Waals surface area contributed by atoms with E-state index in [0.717, 1.165) is 22.7 Å². The van der Waals surface area contributed by atoms with Gasteiger partial charge in [-0.05, 0) is 223 Å². The monoisotopic (exact) mass is 1500 g/mol. The fraction of sp³-hybridized carbons (Fsp3) is 0.0442. The maximum Gasteiger partial charge on any atom is 0.0714 e. The van der Waals surface area contributed by atoms with Crippen LogP contribution in [0, 0.1) is 6.92 Å². The molecular weight excluding hydrogens is 1410 g/mol. The first-order valence-electron chi connectivity index (χ1n) is 40.5. The first-order chi connectivity index (χ1) is 57.7. The Balaban J connectivity index is 0.000000133. The molecule has 0 fully saturated rings. The number of anilines is 6. The van der Waals surface area contributed by atoms with Crippen molar-refractivity contribution < 1.29 is 0 Å². The molecular formula is C113H84N4. The van der Waals surface area contributed by atoms with Gasteiger partial charge in [0.25, 0.3) is 0 Å². The minimum absolute atomic E-state index is 0.00241. The van der Waals surface area contributed by atoms with Crippen LogP contribution in [0.25, 0.3) is 111 Å². The van der Waals surface area contributed by atoms with Gasteiger partial charge in [-0.2, -0.15) is 0 Å². The van der Waals surface area contributed by atoms with Gasteiger partial charge < -0.3 is 18.9 Å². The van der Waals surface area contributed by atoms with Gasteiger partial charge in [0.05, 0.1) is 27.5 Å². The SMILES string of the molecule is Cc1ccc(N(c2ccccc2)c2ccc3c(c2)C(C)(C)c2ccccc2-3)cc1.c1ccc(-c2ccc(-n3c4ccccc4c4ccccc43)cc2)cc1.c1ccc(-c2ccc(N(c3ccc(-c4ccc5c(c4)c4ccccc4n5-c4ccccc4)cc3)c3ccc4c(c3)C(c3ccccc3)(c3ccccc3)c3ccccc3-4)cc2)cc1. The van der Waals surface area contributed by atoms with Gasteiger partial charge in [0.2, 0.25) is 0 Å². The molecule has 0 saturated heterocycles. The fourth-order valence-electron chi connectivity index (χ4n) is 18.4. The van der Waals surface area contributed by atoms with Crippen LogP contribution in [0.3, 0.4) is 0 Å². The Hall–Kier alpha value is -14.8. The van der Waals surface area contributed by atoms with Gasteiger partial charge in [-0.15, -0.1) is 0 Å². The molecule has 2 aliphatic carbocycles. The Labute approximate surface area is 684 Å². The third kappa shape index (κ3) is 12.8. The molecule has 0 radical (unpaired) electrons. The number of hydrogen-bond acceptors (Lipinski definition) is 2. The highest BCUT2D eigenvalue weighted by Crippen LogP contribution is 2.58. The van der Waals surface area contributed by atoms with Crippen molar-refractivity contribution in [2.75, 3.05) is 9.80 Å². The third-order valence-corrected chi connectivity index (χ3v) is 24.0. The highest BCUT2D eigenvalue weighted by Gasteiger charge is 2.46. The van der Waals surface area contributed by atoms with E-state index >= 15 is 0 Å². The largest absolute Gasteiger partial charge is 0.310 e. The lowest BCUT2D eigenvalue weighted by molar-refractivity contribution is 0.660. The number of hydrogen-bond donors (Lipinski definition) is 0. The number of nitrogens with zero attached hydrogens (tertiary/aromatic N) is 4. The molecule has 2 aromatic heterocycles. The van der Waals surface area contributed by atoms with Gasteiger partial charge in [0, 0.05) is 72.5 Å². The number of rotatable bonds is 13. The molecule has 2 heterocycles. The minimum Gasteiger partial charge on any atom is -0.310 e. The zero-order valence-corrected chi connectivity index (χ0v) is 65.6. The summed E-state index contributed by atoms with van der Waals surface area (Å²) in [5.41, 5.74) is 35.3. The second-order valence-electron chi connectivity index (χ2n) is 31.2. The van der Waals surface area contributed by atoms with Crippen LogP contribution in [-0.2, 0) is 10.8 Å². The Morgan fingerprint density at radius 2 is 0.521 bits per heavy atom. The normalized spacial score (nSPS) is 12.5. The van der Waals surface area contributed by atoms with Crippen LogP contribution < -0.4 is 9.80 Å². The lowest BCUT2D eigenvalue weighted by Gasteiger charge is -2.35. The molecule has 0 amide bonds. The van der Waals surface area contributed by atoms with Crippen molar-refractivity contribution in [2.45, 2.75) is 31.6 Å². The van der Waals surface area contributed by atoms with E-state index in [2.05, 4.69) is 495 Å². The van der Waals surface area contributed by atoms with E-state index in [1.165, 1.54) is 161 Å². The maximum absolute atomic E-state index is 2.45. The third-order valence-electron chi connectivity index (χ3n) is 24.0. The van der Waals surface area contributed by atoms with Crippen LogP contribution in [0.2, 0.25) is 0 Å². The summed E-state index contributed by atoms with van der Waals surface area (Å²) in [4.78, 5) is 4.76. The van der Waals surface area contributed by atoms with Crippen LogP contribution in [0.5, 0.6) is 0 Å². The fourth-order valence-corrected chi connectivity index (χ4v) is 18.4. The van der Waals surface area contributed by atoms with Crippen LogP contribution in [0.1, 0.15) is 52.8 Å². The lowest BCUT2D eigenvalue weighted by Crippen LogP contribution is -2.28. The van der Waals surface area contributed by atoms with Crippen LogP contribution >= 0.6 is 0 Å². The lowest BCUT2D eigenvalue weighted by atomic mass is 9.67. The minimum atomic E-state index is -0.501. The second kappa shape index (κ2) is 30.3. The molecule has 18 aromatic carbocycles. The molecule has 0 bridgehead atoms. The van der Waals surface area contributed by atoms with Crippen molar-refractivity contribution in [1.82, 2.24) is 9.13 Å². The van der Waals surface area contributed by atoms with Crippen molar-refractivity contribution in [3.8, 4) is 67.0 Å². The van der Waals surface area contributed by atoms with E-state index in [1.54, 1.807) is 0 Å². The second-order valence-corrected chi connectivity index (χ2v) is 31.2. The van der Waals surface area contributed by atoms with E-state index in [0.29, 0.717) is 0 Å². The molecule has 0 aliphatic heterocycles. The smallest absolute Gasteiger partial charge is 0.0714 e. The molecule has 2 aliphatic rings. The number of benzene rings is 18. The predicted octanol–water partition coefficient (Wildman–Crippen LogP) is 30.2. The topological polar surface area (TPSA) is 16.3 Å². The van der Waals surface area contributed by atoms with Crippen molar-refractivity contribution in [2.24, 2.45) is 0 Å². The molecule has 0 spiro atoms. The summed E-state index contributed by atoms with van der Waals surface area (Å²) in [6.45, 7) is 6.80. The van der Waals surface area contributed by atoms with Crippen LogP contribution in [0.15, 0.2) is 455 Å². The molecule has 4 heteroatoms. The van der Waals surface area contributed by atoms with Crippen molar-refractivity contribution in [1.29, 1.82) is 0 Å². The number of fused-ring (bicyclic) bond motifs is 12. The highest BCUT2D eigenvalue weighted by molar-refractivity contribution is 6.11. The zero-order valence-electron chi connectivity index (χ0n) is 65.6. The van der Waals surface area contributed by atoms with Gasteiger partial charge in [0.1, 0.15) is 0 Å². The molecule has 22 rings (SSSR count). The predicted molar refractivity (Wildman–Crippen MR) is 493 cm³/mol. The molecule has 4 nitrogen and oxygen atoms in total. The highest BCUT2D eigenvalue weighted by atomic mass is 15.1. The number of para-hydroxylation sites is 5. The van der Waals surface area contributed by atoms with E-state index in [-0.39, 0.29) is 5.41 Å². The van der Waals surface area contributed by atoms with E-state index in [4.69, 9.17) is 0 Å². The van der Waals surface area contributed by atoms with E-state index < -0.39 is 5.41 Å². The Bertz CT molecular complexity index is 6880. The Morgan fingerprint density at radius 1 is 0.205 bits per heavy atom. The van der Waals surface area contributed by atoms with Gasteiger partial charge in [-0.3, -0.25) is 0 Å². The summed E-state index contributed by atoms with van der Waals surface area (Å²) >= 11 is 0. The first kappa shape index (κ1) is 71.2. The van der Waals surface area contributed by atoms with Crippen molar-refractivity contribution in [3.63, 3.8) is 0 Å². The van der Waals surface area contributed by atoms with Gasteiger partial charge >= 0.3 is 0 Å². The van der Waals surface area contributed by atoms with Gasteiger partial charge in [-0.1, -0.05) is 347 Å². The number of aryl methyl sites for hydroxylation is 1.